The Kier molecular flexibility index (Phi) is 6.13. The molecule has 1 aliphatic carbocycles. The van der Waals surface area contributed by atoms with Crippen LogP contribution in [0.1, 0.15) is 52.7 Å². The summed E-state index contributed by atoms with van der Waals surface area (Å²) in [5, 5.41) is 10.5. The molecule has 9 rings (SSSR count). The molecule has 0 saturated heterocycles. The van der Waals surface area contributed by atoms with Crippen LogP contribution in [-0.2, 0) is 10.8 Å². The first-order valence-corrected chi connectivity index (χ1v) is 17.3. The summed E-state index contributed by atoms with van der Waals surface area (Å²) in [7, 11) is 0. The minimum Gasteiger partial charge on any atom is -0.0616 e. The van der Waals surface area contributed by atoms with Gasteiger partial charge in [-0.3, -0.25) is 0 Å². The maximum absolute atomic E-state index is 2.52. The summed E-state index contributed by atoms with van der Waals surface area (Å²) < 4.78 is 0. The number of hydrogen-bond donors (Lipinski definition) is 0. The maximum atomic E-state index is 2.52. The quantitative estimate of drug-likeness (QED) is 0.134. The molecule has 0 unspecified atom stereocenters. The van der Waals surface area contributed by atoms with E-state index >= 15 is 0 Å². The van der Waals surface area contributed by atoms with Gasteiger partial charge in [0.2, 0.25) is 0 Å². The lowest BCUT2D eigenvalue weighted by Crippen LogP contribution is -2.11. The van der Waals surface area contributed by atoms with E-state index in [1.807, 2.05) is 0 Å². The molecule has 1 aliphatic rings. The fourth-order valence-electron chi connectivity index (χ4n) is 8.17. The fraction of sp³-hybridized carbons (Fsp3) is 0.167. The van der Waals surface area contributed by atoms with E-state index in [0.29, 0.717) is 0 Å². The van der Waals surface area contributed by atoms with Crippen LogP contribution < -0.4 is 0 Å². The van der Waals surface area contributed by atoms with Gasteiger partial charge in [0, 0.05) is 0 Å². The number of benzene rings is 8. The van der Waals surface area contributed by atoms with Gasteiger partial charge in [-0.1, -0.05) is 157 Å². The average molecular weight is 617 g/mol. The van der Waals surface area contributed by atoms with Crippen LogP contribution in [0.3, 0.4) is 0 Å². The van der Waals surface area contributed by atoms with Crippen molar-refractivity contribution >= 4 is 43.1 Å². The molecule has 0 amide bonds. The van der Waals surface area contributed by atoms with Crippen molar-refractivity contribution in [3.63, 3.8) is 0 Å². The summed E-state index contributed by atoms with van der Waals surface area (Å²) in [6.45, 7) is 13.8. The smallest absolute Gasteiger partial charge is 0.00199 e. The van der Waals surface area contributed by atoms with Crippen LogP contribution >= 0.6 is 0 Å². The zero-order chi connectivity index (χ0) is 32.9. The topological polar surface area (TPSA) is 0 Å². The molecule has 0 saturated carbocycles. The van der Waals surface area contributed by atoms with Crippen LogP contribution in [0.4, 0.5) is 0 Å². The molecule has 0 bridgehead atoms. The second-order valence-electron chi connectivity index (χ2n) is 15.8. The van der Waals surface area contributed by atoms with Crippen molar-refractivity contribution in [3.05, 3.63) is 145 Å². The van der Waals surface area contributed by atoms with Crippen LogP contribution in [-0.4, -0.2) is 0 Å². The molecule has 0 spiro atoms. The lowest BCUT2D eigenvalue weighted by atomic mass is 9.80. The Balaban J connectivity index is 1.47. The van der Waals surface area contributed by atoms with Gasteiger partial charge in [0.05, 0.1) is 0 Å². The summed E-state index contributed by atoms with van der Waals surface area (Å²) in [5.74, 6) is 0. The number of rotatable bonds is 2. The molecule has 48 heavy (non-hydrogen) atoms. The lowest BCUT2D eigenvalue weighted by Gasteiger charge is -2.23. The Hall–Kier alpha value is -5.20. The first kappa shape index (κ1) is 29.0. The van der Waals surface area contributed by atoms with E-state index in [1.54, 1.807) is 0 Å². The number of hydrogen-bond acceptors (Lipinski definition) is 0. The second-order valence-corrected chi connectivity index (χ2v) is 15.8. The van der Waals surface area contributed by atoms with Crippen molar-refractivity contribution < 1.29 is 0 Å². The standard InChI is InChI=1S/C48H40/c1-47(2,3)32-17-11-15-30(24-32)44-36-20-9-10-21-37(36)45(31-16-12-18-33(25-31)48(4,5)6)43-28-40-39(27-42(43)44)38-23-13-22-35-34-19-8-7-14-29(34)26-41(40)46(35)38/h7-28H,1-6H3. The highest BCUT2D eigenvalue weighted by Crippen LogP contribution is 2.54. The van der Waals surface area contributed by atoms with E-state index in [0.717, 1.165) is 0 Å². The van der Waals surface area contributed by atoms with Gasteiger partial charge < -0.3 is 0 Å². The van der Waals surface area contributed by atoms with Crippen LogP contribution in [0.25, 0.3) is 87.6 Å². The lowest BCUT2D eigenvalue weighted by molar-refractivity contribution is 0.590. The Morgan fingerprint density at radius 1 is 0.333 bits per heavy atom. The van der Waals surface area contributed by atoms with Gasteiger partial charge in [-0.25, -0.2) is 0 Å². The molecular formula is C48H40. The molecular weight excluding hydrogens is 577 g/mol. The van der Waals surface area contributed by atoms with Crippen LogP contribution in [0.5, 0.6) is 0 Å². The molecule has 0 aliphatic heterocycles. The minimum atomic E-state index is 0.0501. The third kappa shape index (κ3) is 4.29. The summed E-state index contributed by atoms with van der Waals surface area (Å²) in [6, 6.07) is 50.8. The van der Waals surface area contributed by atoms with E-state index in [4.69, 9.17) is 0 Å². The van der Waals surface area contributed by atoms with Crippen LogP contribution in [0.15, 0.2) is 133 Å². The second kappa shape index (κ2) is 10.1. The zero-order valence-electron chi connectivity index (χ0n) is 28.7. The van der Waals surface area contributed by atoms with Gasteiger partial charge in [-0.2, -0.15) is 0 Å². The first-order valence-electron chi connectivity index (χ1n) is 17.3. The van der Waals surface area contributed by atoms with Gasteiger partial charge in [0.25, 0.3) is 0 Å². The highest BCUT2D eigenvalue weighted by Gasteiger charge is 2.27. The van der Waals surface area contributed by atoms with E-state index in [9.17, 15) is 0 Å². The molecule has 0 heteroatoms. The van der Waals surface area contributed by atoms with Crippen molar-refractivity contribution in [2.45, 2.75) is 52.4 Å². The molecule has 8 aromatic carbocycles. The van der Waals surface area contributed by atoms with Gasteiger partial charge in [0.1, 0.15) is 0 Å². The highest BCUT2D eigenvalue weighted by atomic mass is 14.3. The molecule has 0 heterocycles. The number of fused-ring (bicyclic) bond motifs is 7. The molecule has 232 valence electrons. The maximum Gasteiger partial charge on any atom is -0.00199 e. The summed E-state index contributed by atoms with van der Waals surface area (Å²) in [6.07, 6.45) is 0. The normalized spacial score (nSPS) is 12.8. The van der Waals surface area contributed by atoms with Crippen molar-refractivity contribution in [2.24, 2.45) is 0 Å². The predicted octanol–water partition coefficient (Wildman–Crippen LogP) is 13.9. The predicted molar refractivity (Wildman–Crippen MR) is 209 cm³/mol. The Morgan fingerprint density at radius 2 is 0.812 bits per heavy atom. The monoisotopic (exact) mass is 616 g/mol. The van der Waals surface area contributed by atoms with E-state index < -0.39 is 0 Å². The fourth-order valence-corrected chi connectivity index (χ4v) is 8.17. The first-order chi connectivity index (χ1) is 23.1. The molecule has 0 atom stereocenters. The van der Waals surface area contributed by atoms with Gasteiger partial charge >= 0.3 is 0 Å². The third-order valence-electron chi connectivity index (χ3n) is 10.7. The third-order valence-corrected chi connectivity index (χ3v) is 10.7. The van der Waals surface area contributed by atoms with Gasteiger partial charge in [-0.15, -0.1) is 0 Å². The molecule has 0 N–H and O–H groups in total. The van der Waals surface area contributed by atoms with E-state index in [2.05, 4.69) is 175 Å². The molecule has 0 radical (unpaired) electrons. The molecule has 0 nitrogen and oxygen atoms in total. The van der Waals surface area contributed by atoms with E-state index in [1.165, 1.54) is 98.7 Å². The summed E-state index contributed by atoms with van der Waals surface area (Å²) in [5.41, 5.74) is 13.3. The molecule has 8 aromatic rings. The minimum absolute atomic E-state index is 0.0501. The van der Waals surface area contributed by atoms with Crippen molar-refractivity contribution in [2.75, 3.05) is 0 Å². The van der Waals surface area contributed by atoms with Crippen molar-refractivity contribution in [1.29, 1.82) is 0 Å². The van der Waals surface area contributed by atoms with Gasteiger partial charge in [0.15, 0.2) is 0 Å². The van der Waals surface area contributed by atoms with Crippen molar-refractivity contribution in [1.82, 2.24) is 0 Å². The largest absolute Gasteiger partial charge is 0.0616 e. The molecule has 0 aromatic heterocycles. The SMILES string of the molecule is CC(C)(C)c1cccc(-c2c3ccccc3c(-c3cccc(C(C)(C)C)c3)c3cc4c(cc23)-c2cccc3c2c-4cc2ccccc23)c1. The Bertz CT molecular complexity index is 2620. The Labute approximate surface area is 283 Å². The van der Waals surface area contributed by atoms with Crippen LogP contribution in [0.2, 0.25) is 0 Å². The van der Waals surface area contributed by atoms with E-state index in [-0.39, 0.29) is 10.8 Å². The summed E-state index contributed by atoms with van der Waals surface area (Å²) >= 11 is 0. The summed E-state index contributed by atoms with van der Waals surface area (Å²) in [4.78, 5) is 0. The van der Waals surface area contributed by atoms with Crippen molar-refractivity contribution in [3.8, 4) is 44.5 Å². The highest BCUT2D eigenvalue weighted by molar-refractivity contribution is 6.28. The average Bonchev–Trinajstić information content (AvgIpc) is 3.38. The molecule has 0 fully saturated rings. The van der Waals surface area contributed by atoms with Crippen LogP contribution in [0, 0.1) is 0 Å². The van der Waals surface area contributed by atoms with Gasteiger partial charge in [-0.05, 0) is 128 Å². The Morgan fingerprint density at radius 3 is 1.38 bits per heavy atom. The zero-order valence-corrected chi connectivity index (χ0v) is 28.7.